The summed E-state index contributed by atoms with van der Waals surface area (Å²) in [4.78, 5) is 47.2. The van der Waals surface area contributed by atoms with Gasteiger partial charge in [-0.2, -0.15) is 0 Å². The van der Waals surface area contributed by atoms with Gasteiger partial charge in [-0.15, -0.1) is 0 Å². The van der Waals surface area contributed by atoms with Gasteiger partial charge in [0.15, 0.2) is 17.4 Å². The molecule has 0 bridgehead atoms. The van der Waals surface area contributed by atoms with Gasteiger partial charge in [-0.25, -0.2) is 0 Å². The van der Waals surface area contributed by atoms with Gasteiger partial charge >= 0.3 is 11.9 Å². The van der Waals surface area contributed by atoms with Crippen LogP contribution < -0.4 is 20.1 Å². The fraction of sp³-hybridized carbons (Fsp3) is 0.364. The van der Waals surface area contributed by atoms with Crippen molar-refractivity contribution in [3.05, 3.63) is 83.9 Å². The first-order valence-corrected chi connectivity index (χ1v) is 16.0. The summed E-state index contributed by atoms with van der Waals surface area (Å²) >= 11 is 0. The third kappa shape index (κ3) is 8.27. The number of ether oxygens (including phenoxy) is 2. The van der Waals surface area contributed by atoms with Crippen molar-refractivity contribution in [1.82, 2.24) is 4.90 Å². The second kappa shape index (κ2) is 15.5. The number of amides is 1. The third-order valence-corrected chi connectivity index (χ3v) is 10.1. The molecule has 3 atom stereocenters. The molecular formula is C33H40NO9P. The molecule has 0 saturated carbocycles. The molecule has 1 aliphatic rings. The second-order valence-electron chi connectivity index (χ2n) is 10.7. The minimum Gasteiger partial charge on any atom is -0.493 e. The van der Waals surface area contributed by atoms with E-state index in [0.717, 1.165) is 11.1 Å². The summed E-state index contributed by atoms with van der Waals surface area (Å²) in [5.74, 6) is -4.15. The number of carboxylic acid groups (broad SMARTS) is 2. The standard InChI is InChI=1S/C20H27NO7.C13H13O2P/c1-4-13-11-21(17(22)10-14(13)18(19(23)24)20(25)26)8-7-12-5-6-15(27-2)16(9-12)28-3;1-11-7-5-6-10-13(11)16(14,15)12-8-3-2-4-9-12/h5-6,9,13-14,18H,4,7-8,10-11H2,1-3H3,(H,23,24)(H,25,26);2-10H,1H3,(H,14,15). The van der Waals surface area contributed by atoms with Gasteiger partial charge in [-0.05, 0) is 66.6 Å². The Hall–Kier alpha value is -4.14. The van der Waals surface area contributed by atoms with Crippen LogP contribution in [0.1, 0.15) is 30.9 Å². The van der Waals surface area contributed by atoms with Gasteiger partial charge in [0.1, 0.15) is 0 Å². The Labute approximate surface area is 257 Å². The predicted octanol–water partition coefficient (Wildman–Crippen LogP) is 4.12. The number of likely N-dealkylation sites (tertiary alicyclic amines) is 1. The van der Waals surface area contributed by atoms with E-state index in [9.17, 15) is 34.1 Å². The molecule has 0 aliphatic carbocycles. The summed E-state index contributed by atoms with van der Waals surface area (Å²) in [5, 5.41) is 19.5. The lowest BCUT2D eigenvalue weighted by Crippen LogP contribution is -2.49. The first-order chi connectivity index (χ1) is 20.9. The Balaban J connectivity index is 0.000000278. The van der Waals surface area contributed by atoms with Crippen LogP contribution in [0.2, 0.25) is 0 Å². The number of benzene rings is 3. The summed E-state index contributed by atoms with van der Waals surface area (Å²) in [6, 6.07) is 21.5. The van der Waals surface area contributed by atoms with Crippen LogP contribution in [-0.2, 0) is 25.4 Å². The van der Waals surface area contributed by atoms with Crippen molar-refractivity contribution in [3.8, 4) is 11.5 Å². The van der Waals surface area contributed by atoms with Crippen LogP contribution in [-0.4, -0.2) is 65.2 Å². The number of nitrogens with zero attached hydrogens (tertiary/aromatic N) is 1. The smallest absolute Gasteiger partial charge is 0.318 e. The Morgan fingerprint density at radius 3 is 2.14 bits per heavy atom. The monoisotopic (exact) mass is 625 g/mol. The molecule has 3 unspecified atom stereocenters. The van der Waals surface area contributed by atoms with E-state index in [-0.39, 0.29) is 18.2 Å². The van der Waals surface area contributed by atoms with Crippen LogP contribution in [0, 0.1) is 24.7 Å². The summed E-state index contributed by atoms with van der Waals surface area (Å²) in [6.07, 6.45) is 1.16. The quantitative estimate of drug-likeness (QED) is 0.211. The highest BCUT2D eigenvalue weighted by Gasteiger charge is 2.44. The van der Waals surface area contributed by atoms with Crippen molar-refractivity contribution in [2.24, 2.45) is 17.8 Å². The molecule has 4 rings (SSSR count). The number of carbonyl (C=O) groups excluding carboxylic acids is 1. The van der Waals surface area contributed by atoms with Gasteiger partial charge < -0.3 is 29.5 Å². The molecule has 1 amide bonds. The third-order valence-electron chi connectivity index (χ3n) is 7.97. The highest BCUT2D eigenvalue weighted by molar-refractivity contribution is 7.73. The van der Waals surface area contributed by atoms with Crippen molar-refractivity contribution < 1.29 is 43.5 Å². The summed E-state index contributed by atoms with van der Waals surface area (Å²) in [6.45, 7) is 4.58. The minimum atomic E-state index is -3.43. The molecule has 3 N–H and O–H groups in total. The summed E-state index contributed by atoms with van der Waals surface area (Å²) in [7, 11) is -0.314. The maximum absolute atomic E-state index is 12.6. The fourth-order valence-corrected chi connectivity index (χ4v) is 7.20. The molecule has 1 saturated heterocycles. The number of carbonyl (C=O) groups is 3. The second-order valence-corrected chi connectivity index (χ2v) is 12.8. The van der Waals surface area contributed by atoms with Crippen molar-refractivity contribution in [1.29, 1.82) is 0 Å². The number of piperidine rings is 1. The fourth-order valence-electron chi connectivity index (χ4n) is 5.50. The largest absolute Gasteiger partial charge is 0.493 e. The maximum Gasteiger partial charge on any atom is 0.318 e. The van der Waals surface area contributed by atoms with Crippen LogP contribution in [0.15, 0.2) is 72.8 Å². The van der Waals surface area contributed by atoms with Crippen molar-refractivity contribution in [2.45, 2.75) is 33.1 Å². The lowest BCUT2D eigenvalue weighted by molar-refractivity contribution is -0.161. The zero-order chi connectivity index (χ0) is 32.4. The van der Waals surface area contributed by atoms with E-state index in [2.05, 4.69) is 0 Å². The first kappa shape index (κ1) is 34.4. The molecule has 11 heteroatoms. The van der Waals surface area contributed by atoms with E-state index in [1.54, 1.807) is 61.6 Å². The number of aryl methyl sites for hydroxylation is 1. The summed E-state index contributed by atoms with van der Waals surface area (Å²) in [5.41, 5.74) is 1.83. The minimum absolute atomic E-state index is 0.0618. The van der Waals surface area contributed by atoms with E-state index in [1.165, 1.54) is 0 Å². The Bertz CT molecular complexity index is 1480. The molecule has 3 aromatic carbocycles. The first-order valence-electron chi connectivity index (χ1n) is 14.3. The highest BCUT2D eigenvalue weighted by atomic mass is 31.2. The van der Waals surface area contributed by atoms with Crippen LogP contribution >= 0.6 is 7.37 Å². The van der Waals surface area contributed by atoms with Gasteiger partial charge in [0, 0.05) is 30.1 Å². The van der Waals surface area contributed by atoms with Gasteiger partial charge in [0.2, 0.25) is 5.91 Å². The van der Waals surface area contributed by atoms with E-state index in [4.69, 9.17) is 9.47 Å². The molecule has 1 heterocycles. The number of hydrogen-bond acceptors (Lipinski definition) is 6. The highest BCUT2D eigenvalue weighted by Crippen LogP contribution is 2.39. The molecule has 3 aromatic rings. The van der Waals surface area contributed by atoms with Crippen molar-refractivity contribution >= 4 is 35.8 Å². The van der Waals surface area contributed by atoms with E-state index >= 15 is 0 Å². The van der Waals surface area contributed by atoms with Gasteiger partial charge in [0.05, 0.1) is 14.2 Å². The molecule has 1 fully saturated rings. The Morgan fingerprint density at radius 2 is 1.57 bits per heavy atom. The molecule has 0 radical (unpaired) electrons. The van der Waals surface area contributed by atoms with Gasteiger partial charge in [0.25, 0.3) is 7.37 Å². The number of methoxy groups -OCH3 is 2. The average Bonchev–Trinajstić information content (AvgIpc) is 3.01. The Kier molecular flexibility index (Phi) is 12.1. The van der Waals surface area contributed by atoms with Crippen LogP contribution in [0.3, 0.4) is 0 Å². The molecule has 1 aliphatic heterocycles. The van der Waals surface area contributed by atoms with E-state index < -0.39 is 31.1 Å². The molecule has 0 spiro atoms. The summed E-state index contributed by atoms with van der Waals surface area (Å²) < 4.78 is 22.9. The number of hydrogen-bond donors (Lipinski definition) is 3. The lowest BCUT2D eigenvalue weighted by atomic mass is 9.75. The van der Waals surface area contributed by atoms with Crippen LogP contribution in [0.4, 0.5) is 0 Å². The predicted molar refractivity (Wildman–Crippen MR) is 167 cm³/mol. The maximum atomic E-state index is 12.6. The SMILES string of the molecule is CCC1CN(CCc2ccc(OC)c(OC)c2)C(=O)CC1C(C(=O)O)C(=O)O.Cc1ccccc1P(=O)(O)c1ccccc1. The van der Waals surface area contributed by atoms with Crippen molar-refractivity contribution in [2.75, 3.05) is 27.3 Å². The Morgan fingerprint density at radius 1 is 0.955 bits per heavy atom. The normalized spacial score (nSPS) is 17.7. The molecular weight excluding hydrogens is 585 g/mol. The van der Waals surface area contributed by atoms with Gasteiger partial charge in [-0.1, -0.05) is 55.8 Å². The zero-order valence-corrected chi connectivity index (χ0v) is 26.3. The molecule has 44 heavy (non-hydrogen) atoms. The van der Waals surface area contributed by atoms with Gasteiger partial charge in [-0.3, -0.25) is 18.9 Å². The zero-order valence-electron chi connectivity index (χ0n) is 25.4. The van der Waals surface area contributed by atoms with Crippen LogP contribution in [0.25, 0.3) is 0 Å². The van der Waals surface area contributed by atoms with E-state index in [1.807, 2.05) is 44.2 Å². The number of carboxylic acids is 2. The number of rotatable bonds is 11. The van der Waals surface area contributed by atoms with Crippen LogP contribution in [0.5, 0.6) is 11.5 Å². The lowest BCUT2D eigenvalue weighted by Gasteiger charge is -2.39. The van der Waals surface area contributed by atoms with E-state index in [0.29, 0.717) is 48.0 Å². The van der Waals surface area contributed by atoms with Crippen molar-refractivity contribution in [3.63, 3.8) is 0 Å². The molecule has 236 valence electrons. The topological polar surface area (TPSA) is 151 Å². The molecule has 0 aromatic heterocycles. The number of aliphatic carboxylic acids is 2. The average molecular weight is 626 g/mol. The molecule has 10 nitrogen and oxygen atoms in total.